The maximum atomic E-state index is 11.4. The van der Waals surface area contributed by atoms with Gasteiger partial charge >= 0.3 is 5.97 Å². The lowest BCUT2D eigenvalue weighted by Gasteiger charge is -2.20. The number of nitrogens with one attached hydrogen (secondary N) is 1. The number of ether oxygens (including phenoxy) is 1. The van der Waals surface area contributed by atoms with Gasteiger partial charge in [-0.05, 0) is 27.2 Å². The zero-order valence-corrected chi connectivity index (χ0v) is 10.9. The molecule has 0 aromatic rings. The van der Waals surface area contributed by atoms with Crippen LogP contribution < -0.4 is 11.1 Å². The van der Waals surface area contributed by atoms with E-state index < -0.39 is 29.4 Å². The summed E-state index contributed by atoms with van der Waals surface area (Å²) in [7, 11) is 0. The Hall–Kier alpha value is -1.63. The number of primary amides is 1. The molecule has 4 N–H and O–H groups in total. The minimum atomic E-state index is -1.21. The molecule has 104 valence electrons. The largest absolute Gasteiger partial charge is 0.480 e. The number of rotatable bonds is 7. The van der Waals surface area contributed by atoms with Crippen molar-refractivity contribution in [1.29, 1.82) is 0 Å². The van der Waals surface area contributed by atoms with Crippen LogP contribution in [-0.2, 0) is 19.1 Å². The molecule has 0 aliphatic heterocycles. The first-order chi connectivity index (χ1) is 8.11. The van der Waals surface area contributed by atoms with Crippen molar-refractivity contribution in [2.24, 2.45) is 5.73 Å². The van der Waals surface area contributed by atoms with Crippen LogP contribution in [0.5, 0.6) is 0 Å². The van der Waals surface area contributed by atoms with E-state index in [4.69, 9.17) is 15.6 Å². The Morgan fingerprint density at radius 2 is 1.89 bits per heavy atom. The van der Waals surface area contributed by atoms with E-state index in [-0.39, 0.29) is 19.4 Å². The van der Waals surface area contributed by atoms with Gasteiger partial charge in [-0.2, -0.15) is 0 Å². The lowest BCUT2D eigenvalue weighted by molar-refractivity contribution is -0.143. The van der Waals surface area contributed by atoms with Crippen LogP contribution in [0.2, 0.25) is 0 Å². The van der Waals surface area contributed by atoms with Gasteiger partial charge in [0, 0.05) is 6.42 Å². The normalized spacial score (nSPS) is 12.8. The van der Waals surface area contributed by atoms with Crippen molar-refractivity contribution >= 4 is 17.8 Å². The quantitative estimate of drug-likeness (QED) is 0.577. The highest BCUT2D eigenvalue weighted by Crippen LogP contribution is 2.06. The fourth-order valence-corrected chi connectivity index (χ4v) is 1.06. The highest BCUT2D eigenvalue weighted by atomic mass is 16.5. The van der Waals surface area contributed by atoms with E-state index in [0.717, 1.165) is 0 Å². The van der Waals surface area contributed by atoms with Gasteiger partial charge in [0.15, 0.2) is 0 Å². The zero-order chi connectivity index (χ0) is 14.3. The van der Waals surface area contributed by atoms with Gasteiger partial charge in [0.2, 0.25) is 11.8 Å². The first-order valence-electron chi connectivity index (χ1n) is 5.56. The molecule has 18 heavy (non-hydrogen) atoms. The van der Waals surface area contributed by atoms with Gasteiger partial charge in [0.05, 0.1) is 5.60 Å². The van der Waals surface area contributed by atoms with Gasteiger partial charge in [0.25, 0.3) is 0 Å². The standard InChI is InChI=1S/C11H20N2O5/c1-11(2,3)18-6-9(15)13-7(10(16)17)4-5-8(12)14/h7H,4-6H2,1-3H3,(H2,12,14)(H,13,15)(H,16,17)/t7-/m1/s1. The molecule has 0 aromatic carbocycles. The average molecular weight is 260 g/mol. The molecule has 7 nitrogen and oxygen atoms in total. The summed E-state index contributed by atoms with van der Waals surface area (Å²) >= 11 is 0. The van der Waals surface area contributed by atoms with Gasteiger partial charge < -0.3 is 20.9 Å². The number of carbonyl (C=O) groups excluding carboxylic acids is 2. The summed E-state index contributed by atoms with van der Waals surface area (Å²) in [4.78, 5) is 32.8. The Morgan fingerprint density at radius 3 is 2.28 bits per heavy atom. The zero-order valence-electron chi connectivity index (χ0n) is 10.9. The highest BCUT2D eigenvalue weighted by Gasteiger charge is 2.21. The van der Waals surface area contributed by atoms with Crippen LogP contribution in [0.25, 0.3) is 0 Å². The Balaban J connectivity index is 4.20. The van der Waals surface area contributed by atoms with Crippen LogP contribution in [-0.4, -0.2) is 41.1 Å². The predicted octanol–water partition coefficient (Wildman–Crippen LogP) is -0.364. The van der Waals surface area contributed by atoms with E-state index in [0.29, 0.717) is 0 Å². The molecule has 0 saturated heterocycles. The maximum Gasteiger partial charge on any atom is 0.326 e. The molecule has 0 spiro atoms. The fraction of sp³-hybridized carbons (Fsp3) is 0.727. The number of carboxylic acid groups (broad SMARTS) is 1. The third-order valence-corrected chi connectivity index (χ3v) is 1.95. The molecule has 7 heteroatoms. The van der Waals surface area contributed by atoms with Crippen LogP contribution in [0.15, 0.2) is 0 Å². The van der Waals surface area contributed by atoms with Crippen LogP contribution in [0, 0.1) is 0 Å². The number of amides is 2. The van der Waals surface area contributed by atoms with Gasteiger partial charge in [-0.15, -0.1) is 0 Å². The highest BCUT2D eigenvalue weighted by molar-refractivity contribution is 5.84. The summed E-state index contributed by atoms with van der Waals surface area (Å²) in [5.41, 5.74) is 4.44. The van der Waals surface area contributed by atoms with Gasteiger partial charge in [0.1, 0.15) is 12.6 Å². The second-order valence-electron chi connectivity index (χ2n) is 4.86. The molecule has 0 aliphatic carbocycles. The van der Waals surface area contributed by atoms with E-state index in [1.165, 1.54) is 0 Å². The Bertz CT molecular complexity index is 322. The third-order valence-electron chi connectivity index (χ3n) is 1.95. The smallest absolute Gasteiger partial charge is 0.326 e. The molecule has 0 fully saturated rings. The summed E-state index contributed by atoms with van der Waals surface area (Å²) in [5, 5.41) is 11.1. The monoisotopic (exact) mass is 260 g/mol. The average Bonchev–Trinajstić information content (AvgIpc) is 2.19. The summed E-state index contributed by atoms with van der Waals surface area (Å²) in [5.74, 6) is -2.36. The van der Waals surface area contributed by atoms with Gasteiger partial charge in [-0.25, -0.2) is 4.79 Å². The van der Waals surface area contributed by atoms with E-state index in [1.54, 1.807) is 20.8 Å². The van der Waals surface area contributed by atoms with E-state index >= 15 is 0 Å². The van der Waals surface area contributed by atoms with E-state index in [2.05, 4.69) is 5.32 Å². The lowest BCUT2D eigenvalue weighted by atomic mass is 10.1. The Kier molecular flexibility index (Phi) is 6.32. The van der Waals surface area contributed by atoms with Crippen molar-refractivity contribution in [3.8, 4) is 0 Å². The SMILES string of the molecule is CC(C)(C)OCC(=O)N[C@H](CCC(N)=O)C(=O)O. The lowest BCUT2D eigenvalue weighted by Crippen LogP contribution is -2.43. The molecule has 0 radical (unpaired) electrons. The van der Waals surface area contributed by atoms with E-state index in [9.17, 15) is 14.4 Å². The second kappa shape index (κ2) is 6.95. The summed E-state index contributed by atoms with van der Waals surface area (Å²) < 4.78 is 5.20. The van der Waals surface area contributed by atoms with Crippen LogP contribution >= 0.6 is 0 Å². The molecule has 0 bridgehead atoms. The maximum absolute atomic E-state index is 11.4. The van der Waals surface area contributed by atoms with Crippen molar-refractivity contribution in [3.63, 3.8) is 0 Å². The number of aliphatic carboxylic acids is 1. The molecule has 0 unspecified atom stereocenters. The number of nitrogens with two attached hydrogens (primary N) is 1. The van der Waals surface area contributed by atoms with Crippen molar-refractivity contribution in [2.75, 3.05) is 6.61 Å². The van der Waals surface area contributed by atoms with Gasteiger partial charge in [-0.3, -0.25) is 9.59 Å². The summed E-state index contributed by atoms with van der Waals surface area (Å²) in [6.07, 6.45) is -0.136. The minimum absolute atomic E-state index is 0.0358. The number of carboxylic acids is 1. The first-order valence-corrected chi connectivity index (χ1v) is 5.56. The molecule has 0 saturated carbocycles. The molecule has 0 aromatic heterocycles. The number of hydrogen-bond acceptors (Lipinski definition) is 4. The van der Waals surface area contributed by atoms with Crippen LogP contribution in [0.4, 0.5) is 0 Å². The van der Waals surface area contributed by atoms with E-state index in [1.807, 2.05) is 0 Å². The van der Waals surface area contributed by atoms with Crippen LogP contribution in [0.3, 0.4) is 0 Å². The molecule has 2 amide bonds. The van der Waals surface area contributed by atoms with Crippen molar-refractivity contribution in [3.05, 3.63) is 0 Å². The Labute approximate surface area is 106 Å². The molecular formula is C11H20N2O5. The Morgan fingerprint density at radius 1 is 1.33 bits per heavy atom. The predicted molar refractivity (Wildman–Crippen MR) is 63.7 cm³/mol. The second-order valence-corrected chi connectivity index (χ2v) is 4.86. The molecule has 0 heterocycles. The van der Waals surface area contributed by atoms with Crippen molar-refractivity contribution < 1.29 is 24.2 Å². The third kappa shape index (κ3) is 8.51. The molecule has 0 rings (SSSR count). The molecular weight excluding hydrogens is 240 g/mol. The van der Waals surface area contributed by atoms with Crippen molar-refractivity contribution in [1.82, 2.24) is 5.32 Å². The summed E-state index contributed by atoms with van der Waals surface area (Å²) in [6, 6.07) is -1.13. The number of hydrogen-bond donors (Lipinski definition) is 3. The topological polar surface area (TPSA) is 119 Å². The molecule has 1 atom stereocenters. The molecule has 0 aliphatic rings. The van der Waals surface area contributed by atoms with Crippen LogP contribution in [0.1, 0.15) is 33.6 Å². The fourth-order valence-electron chi connectivity index (χ4n) is 1.06. The first kappa shape index (κ1) is 16.4. The minimum Gasteiger partial charge on any atom is -0.480 e. The van der Waals surface area contributed by atoms with Crippen molar-refractivity contribution in [2.45, 2.75) is 45.3 Å². The van der Waals surface area contributed by atoms with Gasteiger partial charge in [-0.1, -0.05) is 0 Å². The number of carbonyl (C=O) groups is 3. The summed E-state index contributed by atoms with van der Waals surface area (Å²) in [6.45, 7) is 5.11.